The zero-order valence-electron chi connectivity index (χ0n) is 10.6. The van der Waals surface area contributed by atoms with E-state index in [2.05, 4.69) is 5.32 Å². The van der Waals surface area contributed by atoms with Crippen LogP contribution < -0.4 is 15.8 Å². The number of ether oxygens (including phenoxy) is 1. The van der Waals surface area contributed by atoms with Crippen LogP contribution in [0.4, 0.5) is 5.00 Å². The van der Waals surface area contributed by atoms with E-state index in [1.807, 2.05) is 18.2 Å². The van der Waals surface area contributed by atoms with Crippen LogP contribution in [0.5, 0.6) is 5.75 Å². The number of hydrogen-bond acceptors (Lipinski definition) is 5. The van der Waals surface area contributed by atoms with Crippen LogP contribution in [0.1, 0.15) is 11.1 Å². The highest BCUT2D eigenvalue weighted by Gasteiger charge is 2.08. The molecule has 0 aliphatic heterocycles. The molecule has 0 aliphatic rings. The van der Waals surface area contributed by atoms with Crippen LogP contribution in [0, 0.1) is 11.3 Å². The second kappa shape index (κ2) is 6.70. The molecule has 5 nitrogen and oxygen atoms in total. The molecule has 0 spiro atoms. The third-order valence-corrected chi connectivity index (χ3v) is 3.37. The number of anilines is 1. The molecule has 1 amide bonds. The number of nitriles is 1. The molecule has 0 fully saturated rings. The predicted molar refractivity (Wildman–Crippen MR) is 77.5 cm³/mol. The molecule has 0 bridgehead atoms. The Morgan fingerprint density at radius 1 is 1.45 bits per heavy atom. The van der Waals surface area contributed by atoms with E-state index in [9.17, 15) is 4.79 Å². The number of thiophene rings is 1. The quantitative estimate of drug-likeness (QED) is 0.881. The molecule has 0 unspecified atom stereocenters. The van der Waals surface area contributed by atoms with Gasteiger partial charge in [0.2, 0.25) is 0 Å². The van der Waals surface area contributed by atoms with E-state index in [1.165, 1.54) is 11.3 Å². The fourth-order valence-corrected chi connectivity index (χ4v) is 2.32. The Bertz CT molecular complexity index is 646. The van der Waals surface area contributed by atoms with Crippen LogP contribution in [0.3, 0.4) is 0 Å². The first-order valence-corrected chi connectivity index (χ1v) is 6.80. The average molecular weight is 287 g/mol. The Balaban J connectivity index is 1.91. The van der Waals surface area contributed by atoms with Crippen molar-refractivity contribution >= 4 is 22.2 Å². The minimum absolute atomic E-state index is 0.114. The second-order valence-electron chi connectivity index (χ2n) is 3.96. The fraction of sp³-hybridized carbons (Fsp3) is 0.143. The summed E-state index contributed by atoms with van der Waals surface area (Å²) in [5.41, 5.74) is 6.92. The van der Waals surface area contributed by atoms with Gasteiger partial charge >= 0.3 is 0 Å². The molecule has 0 atom stereocenters. The third-order valence-electron chi connectivity index (χ3n) is 2.54. The number of hydrogen-bond donors (Lipinski definition) is 2. The lowest BCUT2D eigenvalue weighted by atomic mass is 10.2. The third kappa shape index (κ3) is 3.57. The highest BCUT2D eigenvalue weighted by Crippen LogP contribution is 2.22. The maximum Gasteiger partial charge on any atom is 0.262 e. The summed E-state index contributed by atoms with van der Waals surface area (Å²) in [6, 6.07) is 10.9. The number of nitrogens with one attached hydrogen (secondary N) is 1. The Labute approximate surface area is 120 Å². The summed E-state index contributed by atoms with van der Waals surface area (Å²) in [5.74, 6) is 0.289. The van der Waals surface area contributed by atoms with Crippen molar-refractivity contribution in [1.29, 1.82) is 5.26 Å². The molecular formula is C14H13N3O2S. The van der Waals surface area contributed by atoms with Crippen LogP contribution in [0.2, 0.25) is 0 Å². The monoisotopic (exact) mass is 287 g/mol. The topological polar surface area (TPSA) is 88.1 Å². The molecular weight excluding hydrogens is 274 g/mol. The Morgan fingerprint density at radius 3 is 3.05 bits per heavy atom. The van der Waals surface area contributed by atoms with E-state index >= 15 is 0 Å². The van der Waals surface area contributed by atoms with E-state index < -0.39 is 0 Å². The summed E-state index contributed by atoms with van der Waals surface area (Å²) in [6.07, 6.45) is 0. The van der Waals surface area contributed by atoms with E-state index in [0.29, 0.717) is 22.9 Å². The fourth-order valence-electron chi connectivity index (χ4n) is 1.57. The summed E-state index contributed by atoms with van der Waals surface area (Å²) in [6.45, 7) is 0.306. The minimum atomic E-state index is -0.304. The lowest BCUT2D eigenvalue weighted by Crippen LogP contribution is -2.20. The molecule has 0 saturated carbocycles. The van der Waals surface area contributed by atoms with Crippen molar-refractivity contribution in [3.63, 3.8) is 0 Å². The van der Waals surface area contributed by atoms with Crippen LogP contribution in [-0.4, -0.2) is 12.5 Å². The largest absolute Gasteiger partial charge is 0.484 e. The van der Waals surface area contributed by atoms with Crippen molar-refractivity contribution in [1.82, 2.24) is 0 Å². The zero-order valence-corrected chi connectivity index (χ0v) is 11.4. The first kappa shape index (κ1) is 14.1. The van der Waals surface area contributed by atoms with E-state index in [4.69, 9.17) is 15.7 Å². The predicted octanol–water partition coefficient (Wildman–Crippen LogP) is 2.10. The van der Waals surface area contributed by atoms with Gasteiger partial charge in [-0.1, -0.05) is 12.1 Å². The van der Waals surface area contributed by atoms with Gasteiger partial charge in [0.1, 0.15) is 16.8 Å². The first-order chi connectivity index (χ1) is 9.72. The molecule has 1 aromatic heterocycles. The van der Waals surface area contributed by atoms with Crippen LogP contribution in [-0.2, 0) is 11.3 Å². The van der Waals surface area contributed by atoms with Crippen LogP contribution in [0.25, 0.3) is 0 Å². The van der Waals surface area contributed by atoms with Crippen molar-refractivity contribution < 1.29 is 9.53 Å². The van der Waals surface area contributed by atoms with Gasteiger partial charge in [-0.05, 0) is 29.1 Å². The highest BCUT2D eigenvalue weighted by atomic mass is 32.1. The maximum atomic E-state index is 11.7. The molecule has 0 radical (unpaired) electrons. The molecule has 2 rings (SSSR count). The summed E-state index contributed by atoms with van der Waals surface area (Å²) < 4.78 is 5.39. The molecule has 102 valence electrons. The van der Waals surface area contributed by atoms with Gasteiger partial charge in [0.05, 0.1) is 5.56 Å². The number of rotatable bonds is 5. The van der Waals surface area contributed by atoms with Gasteiger partial charge in [0.25, 0.3) is 5.91 Å². The SMILES string of the molecule is N#Cc1ccsc1NC(=O)COc1cccc(CN)c1. The number of nitrogens with zero attached hydrogens (tertiary/aromatic N) is 1. The van der Waals surface area contributed by atoms with Gasteiger partial charge in [0, 0.05) is 6.54 Å². The molecule has 2 aromatic rings. The normalized spacial score (nSPS) is 9.80. The lowest BCUT2D eigenvalue weighted by molar-refractivity contribution is -0.118. The highest BCUT2D eigenvalue weighted by molar-refractivity contribution is 7.14. The van der Waals surface area contributed by atoms with Gasteiger partial charge in [-0.15, -0.1) is 11.3 Å². The first-order valence-electron chi connectivity index (χ1n) is 5.92. The summed E-state index contributed by atoms with van der Waals surface area (Å²) >= 11 is 1.30. The summed E-state index contributed by atoms with van der Waals surface area (Å²) in [4.78, 5) is 11.7. The van der Waals surface area contributed by atoms with Gasteiger partial charge in [-0.25, -0.2) is 0 Å². The van der Waals surface area contributed by atoms with Gasteiger partial charge in [0.15, 0.2) is 6.61 Å². The number of benzene rings is 1. The van der Waals surface area contributed by atoms with E-state index in [0.717, 1.165) is 5.56 Å². The number of amides is 1. The molecule has 3 N–H and O–H groups in total. The van der Waals surface area contributed by atoms with E-state index in [1.54, 1.807) is 23.6 Å². The van der Waals surface area contributed by atoms with Crippen molar-refractivity contribution in [2.24, 2.45) is 5.73 Å². The molecule has 1 aromatic carbocycles. The number of nitrogens with two attached hydrogens (primary N) is 1. The van der Waals surface area contributed by atoms with Crippen LogP contribution in [0.15, 0.2) is 35.7 Å². The van der Waals surface area contributed by atoms with Gasteiger partial charge < -0.3 is 15.8 Å². The van der Waals surface area contributed by atoms with Crippen molar-refractivity contribution in [2.75, 3.05) is 11.9 Å². The van der Waals surface area contributed by atoms with Crippen molar-refractivity contribution in [3.8, 4) is 11.8 Å². The van der Waals surface area contributed by atoms with Crippen molar-refractivity contribution in [3.05, 3.63) is 46.8 Å². The molecule has 20 heavy (non-hydrogen) atoms. The number of carbonyl (C=O) groups is 1. The average Bonchev–Trinajstić information content (AvgIpc) is 2.92. The molecule has 0 saturated heterocycles. The Morgan fingerprint density at radius 2 is 2.30 bits per heavy atom. The zero-order chi connectivity index (χ0) is 14.4. The van der Waals surface area contributed by atoms with Gasteiger partial charge in [-0.2, -0.15) is 5.26 Å². The van der Waals surface area contributed by atoms with E-state index in [-0.39, 0.29) is 12.5 Å². The maximum absolute atomic E-state index is 11.7. The smallest absolute Gasteiger partial charge is 0.262 e. The summed E-state index contributed by atoms with van der Waals surface area (Å²) in [5, 5.41) is 13.8. The minimum Gasteiger partial charge on any atom is -0.484 e. The Hall–Kier alpha value is -2.36. The molecule has 1 heterocycles. The van der Waals surface area contributed by atoms with Gasteiger partial charge in [-0.3, -0.25) is 4.79 Å². The number of carbonyl (C=O) groups excluding carboxylic acids is 1. The lowest BCUT2D eigenvalue weighted by Gasteiger charge is -2.07. The molecule has 0 aliphatic carbocycles. The van der Waals surface area contributed by atoms with Crippen molar-refractivity contribution in [2.45, 2.75) is 6.54 Å². The van der Waals surface area contributed by atoms with Crippen LogP contribution >= 0.6 is 11.3 Å². The summed E-state index contributed by atoms with van der Waals surface area (Å²) in [7, 11) is 0. The molecule has 6 heteroatoms. The second-order valence-corrected chi connectivity index (χ2v) is 4.88. The standard InChI is InChI=1S/C14H13N3O2S/c15-7-10-2-1-3-12(6-10)19-9-13(18)17-14-11(8-16)4-5-20-14/h1-6H,7,9,15H2,(H,17,18). The Kier molecular flexibility index (Phi) is 4.71.